The maximum Gasteiger partial charge on any atom is 0.508 e. The van der Waals surface area contributed by atoms with E-state index in [0.29, 0.717) is 18.7 Å². The van der Waals surface area contributed by atoms with E-state index < -0.39 is 18.4 Å². The van der Waals surface area contributed by atoms with Gasteiger partial charge in [0.1, 0.15) is 6.10 Å². The van der Waals surface area contributed by atoms with Crippen molar-refractivity contribution in [3.8, 4) is 0 Å². The highest BCUT2D eigenvalue weighted by molar-refractivity contribution is 5.84. The van der Waals surface area contributed by atoms with Gasteiger partial charge in [0.25, 0.3) is 0 Å². The molecular formula is C15H20N2O5. The lowest BCUT2D eigenvalue weighted by Crippen LogP contribution is -2.16. The van der Waals surface area contributed by atoms with E-state index in [2.05, 4.69) is 15.0 Å². The van der Waals surface area contributed by atoms with E-state index in [-0.39, 0.29) is 0 Å². The summed E-state index contributed by atoms with van der Waals surface area (Å²) in [6.45, 7) is 2.04. The molecule has 120 valence electrons. The van der Waals surface area contributed by atoms with Crippen LogP contribution in [0.1, 0.15) is 43.5 Å². The minimum atomic E-state index is -0.714. The molecule has 1 aliphatic carbocycles. The first kappa shape index (κ1) is 16.1. The Balaban J connectivity index is 2.17. The van der Waals surface area contributed by atoms with Crippen molar-refractivity contribution in [3.63, 3.8) is 0 Å². The van der Waals surface area contributed by atoms with Crippen molar-refractivity contribution >= 4 is 17.9 Å². The van der Waals surface area contributed by atoms with Gasteiger partial charge in [-0.25, -0.2) is 9.59 Å². The molecule has 0 saturated carbocycles. The number of methoxy groups -OCH3 is 1. The Kier molecular flexibility index (Phi) is 5.57. The molecule has 1 unspecified atom stereocenters. The van der Waals surface area contributed by atoms with E-state index in [1.165, 1.54) is 13.3 Å². The molecule has 0 aliphatic heterocycles. The second-order valence-electron chi connectivity index (χ2n) is 4.92. The number of ether oxygens (including phenoxy) is 3. The van der Waals surface area contributed by atoms with Crippen LogP contribution in [0.4, 0.5) is 15.3 Å². The number of carbonyl (C=O) groups excluding carboxylic acids is 2. The van der Waals surface area contributed by atoms with Gasteiger partial charge < -0.3 is 14.2 Å². The molecule has 0 fully saturated rings. The van der Waals surface area contributed by atoms with E-state index in [4.69, 9.17) is 9.47 Å². The molecule has 1 aliphatic rings. The number of aromatic nitrogens is 1. The zero-order valence-electron chi connectivity index (χ0n) is 12.8. The number of fused-ring (bicyclic) bond motifs is 1. The van der Waals surface area contributed by atoms with Crippen LogP contribution in [-0.4, -0.2) is 30.9 Å². The Hall–Kier alpha value is -2.31. The van der Waals surface area contributed by atoms with Crippen LogP contribution in [-0.2, 0) is 20.6 Å². The van der Waals surface area contributed by atoms with Gasteiger partial charge >= 0.3 is 12.2 Å². The predicted molar refractivity (Wildman–Crippen MR) is 78.7 cm³/mol. The van der Waals surface area contributed by atoms with Crippen LogP contribution >= 0.6 is 0 Å². The van der Waals surface area contributed by atoms with Gasteiger partial charge in [0, 0.05) is 0 Å². The quantitative estimate of drug-likeness (QED) is 0.681. The molecule has 0 aromatic carbocycles. The topological polar surface area (TPSA) is 86.8 Å². The van der Waals surface area contributed by atoms with Crippen molar-refractivity contribution in [2.45, 2.75) is 38.7 Å². The molecule has 1 aromatic heterocycles. The summed E-state index contributed by atoms with van der Waals surface area (Å²) in [5.74, 6) is 0. The fourth-order valence-corrected chi connectivity index (χ4v) is 2.43. The summed E-state index contributed by atoms with van der Waals surface area (Å²) in [5.41, 5.74) is 2.24. The van der Waals surface area contributed by atoms with Crippen molar-refractivity contribution in [2.75, 3.05) is 19.0 Å². The lowest BCUT2D eigenvalue weighted by atomic mass is 10.1. The van der Waals surface area contributed by atoms with Crippen molar-refractivity contribution in [1.29, 1.82) is 0 Å². The monoisotopic (exact) mass is 308 g/mol. The van der Waals surface area contributed by atoms with Crippen LogP contribution in [0.15, 0.2) is 12.3 Å². The molecular weight excluding hydrogens is 288 g/mol. The summed E-state index contributed by atoms with van der Waals surface area (Å²) in [6, 6.07) is 1.85. The van der Waals surface area contributed by atoms with Gasteiger partial charge in [0.2, 0.25) is 0 Å². The minimum Gasteiger partial charge on any atom is -0.450 e. The van der Waals surface area contributed by atoms with Gasteiger partial charge in [-0.3, -0.25) is 10.3 Å². The molecule has 7 heteroatoms. The molecule has 1 aromatic rings. The molecule has 0 spiro atoms. The highest BCUT2D eigenvalue weighted by Gasteiger charge is 2.24. The lowest BCUT2D eigenvalue weighted by Gasteiger charge is -2.17. The average Bonchev–Trinajstić information content (AvgIpc) is 2.69. The second-order valence-corrected chi connectivity index (χ2v) is 4.92. The highest BCUT2D eigenvalue weighted by atomic mass is 16.7. The molecule has 7 nitrogen and oxygen atoms in total. The van der Waals surface area contributed by atoms with Crippen LogP contribution in [0.25, 0.3) is 0 Å². The van der Waals surface area contributed by atoms with Crippen LogP contribution in [0.3, 0.4) is 0 Å². The van der Waals surface area contributed by atoms with E-state index in [0.717, 1.165) is 30.5 Å². The molecule has 1 atom stereocenters. The van der Waals surface area contributed by atoms with Crippen molar-refractivity contribution in [3.05, 3.63) is 23.5 Å². The maximum absolute atomic E-state index is 11.5. The van der Waals surface area contributed by atoms with Crippen molar-refractivity contribution in [1.82, 2.24) is 4.98 Å². The molecule has 1 amide bonds. The molecule has 1 heterocycles. The first-order chi connectivity index (χ1) is 10.6. The van der Waals surface area contributed by atoms with Gasteiger partial charge in [0.05, 0.1) is 31.3 Å². The van der Waals surface area contributed by atoms with Gasteiger partial charge in [-0.05, 0) is 44.2 Å². The minimum absolute atomic E-state index is 0.305. The largest absolute Gasteiger partial charge is 0.508 e. The predicted octanol–water partition coefficient (Wildman–Crippen LogP) is 3.20. The number of nitrogens with one attached hydrogen (secondary N) is 1. The van der Waals surface area contributed by atoms with Crippen LogP contribution in [0.2, 0.25) is 0 Å². The first-order valence-corrected chi connectivity index (χ1v) is 7.31. The van der Waals surface area contributed by atoms with Gasteiger partial charge in [0.15, 0.2) is 0 Å². The maximum atomic E-state index is 11.5. The van der Waals surface area contributed by atoms with E-state index in [9.17, 15) is 9.59 Å². The van der Waals surface area contributed by atoms with Crippen LogP contribution < -0.4 is 5.32 Å². The van der Waals surface area contributed by atoms with Crippen LogP contribution in [0.5, 0.6) is 0 Å². The van der Waals surface area contributed by atoms with E-state index in [1.54, 1.807) is 6.92 Å². The molecule has 0 saturated heterocycles. The zero-order chi connectivity index (χ0) is 15.9. The summed E-state index contributed by atoms with van der Waals surface area (Å²) < 4.78 is 14.7. The van der Waals surface area contributed by atoms with Gasteiger partial charge in [-0.15, -0.1) is 0 Å². The molecule has 2 rings (SSSR count). The zero-order valence-corrected chi connectivity index (χ0v) is 12.8. The number of anilines is 1. The summed E-state index contributed by atoms with van der Waals surface area (Å²) in [6.07, 6.45) is 3.32. The average molecular weight is 308 g/mol. The standard InChI is InChI=1S/C15H20N2O5/c1-3-21-14(18)17-11-8-10-6-4-5-7-12(13(10)16-9-11)22-15(19)20-2/h8-9,12H,3-7H2,1-2H3,(H,17,18). The number of amides is 1. The third-order valence-corrected chi connectivity index (χ3v) is 3.40. The normalized spacial score (nSPS) is 16.9. The summed E-state index contributed by atoms with van der Waals surface area (Å²) in [7, 11) is 1.28. The lowest BCUT2D eigenvalue weighted by molar-refractivity contribution is 0.0314. The van der Waals surface area contributed by atoms with Crippen molar-refractivity contribution in [2.24, 2.45) is 0 Å². The number of carbonyl (C=O) groups is 2. The Morgan fingerprint density at radius 2 is 2.23 bits per heavy atom. The number of hydrogen-bond acceptors (Lipinski definition) is 6. The molecule has 0 radical (unpaired) electrons. The first-order valence-electron chi connectivity index (χ1n) is 7.31. The molecule has 0 bridgehead atoms. The van der Waals surface area contributed by atoms with Crippen molar-refractivity contribution < 1.29 is 23.8 Å². The Morgan fingerprint density at radius 3 is 2.95 bits per heavy atom. The fraction of sp³-hybridized carbons (Fsp3) is 0.533. The Labute approximate surface area is 129 Å². The number of aryl methyl sites for hydroxylation is 1. The van der Waals surface area contributed by atoms with Crippen LogP contribution in [0, 0.1) is 0 Å². The number of pyridine rings is 1. The second kappa shape index (κ2) is 7.63. The Bertz CT molecular complexity index is 547. The van der Waals surface area contributed by atoms with Gasteiger partial charge in [-0.2, -0.15) is 0 Å². The number of rotatable bonds is 3. The third-order valence-electron chi connectivity index (χ3n) is 3.40. The third kappa shape index (κ3) is 4.09. The van der Waals surface area contributed by atoms with E-state index >= 15 is 0 Å². The van der Waals surface area contributed by atoms with Gasteiger partial charge in [-0.1, -0.05) is 0 Å². The number of nitrogens with zero attached hydrogens (tertiary/aromatic N) is 1. The summed E-state index contributed by atoms with van der Waals surface area (Å²) >= 11 is 0. The smallest absolute Gasteiger partial charge is 0.450 e. The fourth-order valence-electron chi connectivity index (χ4n) is 2.43. The van der Waals surface area contributed by atoms with E-state index in [1.807, 2.05) is 6.07 Å². The Morgan fingerprint density at radius 1 is 1.41 bits per heavy atom. The SMILES string of the molecule is CCOC(=O)Nc1cnc2c(c1)CCCCC2OC(=O)OC. The number of hydrogen-bond donors (Lipinski definition) is 1. The highest BCUT2D eigenvalue weighted by Crippen LogP contribution is 2.31. The summed E-state index contributed by atoms with van der Waals surface area (Å²) in [5, 5.41) is 2.62. The molecule has 1 N–H and O–H groups in total. The summed E-state index contributed by atoms with van der Waals surface area (Å²) in [4.78, 5) is 27.1. The molecule has 22 heavy (non-hydrogen) atoms.